The van der Waals surface area contributed by atoms with Crippen LogP contribution in [-0.2, 0) is 14.3 Å². The minimum absolute atomic E-state index is 0.216. The third-order valence-electron chi connectivity index (χ3n) is 10.1. The van der Waals surface area contributed by atoms with Crippen molar-refractivity contribution in [1.82, 2.24) is 4.90 Å². The van der Waals surface area contributed by atoms with Crippen LogP contribution in [0.5, 0.6) is 0 Å². The van der Waals surface area contributed by atoms with Crippen LogP contribution in [0.2, 0.25) is 0 Å². The maximum absolute atomic E-state index is 13.0. The fourth-order valence-corrected chi connectivity index (χ4v) is 6.32. The van der Waals surface area contributed by atoms with Crippen molar-refractivity contribution in [1.29, 1.82) is 0 Å². The number of hydrogen-bond acceptors (Lipinski definition) is 4. The van der Waals surface area contributed by atoms with E-state index in [2.05, 4.69) is 51.8 Å². The summed E-state index contributed by atoms with van der Waals surface area (Å²) in [7, 11) is 2.41. The molecule has 266 valence electrons. The molecule has 0 unspecified atom stereocenters. The Hall–Kier alpha value is -0.750. The van der Waals surface area contributed by atoms with E-state index in [1.165, 1.54) is 133 Å². The average Bonchev–Trinajstić information content (AvgIpc) is 3.00. The first-order chi connectivity index (χ1) is 21.5. The second-order valence-electron chi connectivity index (χ2n) is 15.5. The van der Waals surface area contributed by atoms with Gasteiger partial charge in [-0.1, -0.05) is 96.6 Å². The van der Waals surface area contributed by atoms with Crippen molar-refractivity contribution in [2.75, 3.05) is 59.5 Å². The average molecular weight is 636 g/mol. The monoisotopic (exact) mass is 636 g/mol. The van der Waals surface area contributed by atoms with Gasteiger partial charge in [-0.15, -0.1) is 0 Å². The Balaban J connectivity index is 2.05. The molecule has 5 heteroatoms. The van der Waals surface area contributed by atoms with Crippen molar-refractivity contribution in [2.24, 2.45) is 0 Å². The van der Waals surface area contributed by atoms with Crippen molar-refractivity contribution in [3.8, 4) is 0 Å². The van der Waals surface area contributed by atoms with Crippen molar-refractivity contribution < 1.29 is 18.8 Å². The SMILES string of the molecule is CCCCCCCCC=CCCCCCCCCOC(C)(C)CCOC(C)(C)C(=O)CCN1CC[N+](C)(CCCCCC)CC1. The molecule has 45 heavy (non-hydrogen) atoms. The van der Waals surface area contributed by atoms with Gasteiger partial charge in [-0.25, -0.2) is 0 Å². The first kappa shape index (κ1) is 42.3. The molecule has 0 aromatic heterocycles. The van der Waals surface area contributed by atoms with E-state index in [1.807, 2.05) is 13.8 Å². The Morgan fingerprint density at radius 1 is 0.689 bits per heavy atom. The maximum atomic E-state index is 13.0. The number of Topliss-reactive ketones (excluding diaryl/α,β-unsaturated/α-hetero) is 1. The standard InChI is InChI=1S/C40H79N2O3/c1-8-10-12-14-15-16-17-18-19-20-21-22-23-24-25-27-36-44-39(3,4)29-37-45-40(5,6)38(43)28-30-41-31-34-42(7,35-32-41)33-26-13-11-9-2/h18-19H,8-17,20-37H2,1-7H3/q+1. The lowest BCUT2D eigenvalue weighted by Crippen LogP contribution is -2.57. The summed E-state index contributed by atoms with van der Waals surface area (Å²) in [5.74, 6) is 0.216. The highest BCUT2D eigenvalue weighted by atomic mass is 16.5. The number of piperazine rings is 1. The van der Waals surface area contributed by atoms with Gasteiger partial charge in [0.25, 0.3) is 0 Å². The molecule has 0 atom stereocenters. The molecule has 1 aliphatic rings. The van der Waals surface area contributed by atoms with Gasteiger partial charge in [-0.2, -0.15) is 0 Å². The lowest BCUT2D eigenvalue weighted by atomic mass is 9.99. The number of ether oxygens (including phenoxy) is 2. The van der Waals surface area contributed by atoms with Crippen LogP contribution in [0.25, 0.3) is 0 Å². The molecule has 0 N–H and O–H groups in total. The van der Waals surface area contributed by atoms with E-state index in [0.717, 1.165) is 39.1 Å². The van der Waals surface area contributed by atoms with Crippen LogP contribution < -0.4 is 0 Å². The quantitative estimate of drug-likeness (QED) is 0.0447. The van der Waals surface area contributed by atoms with Crippen LogP contribution in [0.1, 0.15) is 170 Å². The molecule has 0 spiro atoms. The molecule has 0 aliphatic carbocycles. The molecule has 1 fully saturated rings. The van der Waals surface area contributed by atoms with Gasteiger partial charge in [-0.05, 0) is 79.1 Å². The molecule has 1 rings (SSSR count). The highest BCUT2D eigenvalue weighted by molar-refractivity contribution is 5.86. The fourth-order valence-electron chi connectivity index (χ4n) is 6.32. The van der Waals surface area contributed by atoms with E-state index in [1.54, 1.807) is 0 Å². The number of quaternary nitrogens is 1. The summed E-state index contributed by atoms with van der Waals surface area (Å²) in [6.07, 6.45) is 30.1. The number of rotatable bonds is 30. The molecule has 1 heterocycles. The number of nitrogens with zero attached hydrogens (tertiary/aromatic N) is 2. The van der Waals surface area contributed by atoms with Crippen LogP contribution in [0.3, 0.4) is 0 Å². The van der Waals surface area contributed by atoms with Crippen LogP contribution in [-0.4, -0.2) is 85.9 Å². The van der Waals surface area contributed by atoms with Gasteiger partial charge in [0.05, 0.1) is 38.9 Å². The Bertz CT molecular complexity index is 740. The van der Waals surface area contributed by atoms with Gasteiger partial charge >= 0.3 is 0 Å². The molecule has 0 radical (unpaired) electrons. The topological polar surface area (TPSA) is 38.8 Å². The van der Waals surface area contributed by atoms with Crippen LogP contribution in [0.4, 0.5) is 0 Å². The number of hydrogen-bond donors (Lipinski definition) is 0. The summed E-state index contributed by atoms with van der Waals surface area (Å²) in [5, 5.41) is 0. The van der Waals surface area contributed by atoms with Gasteiger partial charge in [-0.3, -0.25) is 9.69 Å². The maximum Gasteiger partial charge on any atom is 0.165 e. The number of carbonyl (C=O) groups excluding carboxylic acids is 1. The Morgan fingerprint density at radius 3 is 1.78 bits per heavy atom. The summed E-state index contributed by atoms with van der Waals surface area (Å²) in [5.41, 5.74) is -0.963. The Labute approximate surface area is 281 Å². The molecule has 0 amide bonds. The molecule has 1 saturated heterocycles. The first-order valence-electron chi connectivity index (χ1n) is 19.6. The highest BCUT2D eigenvalue weighted by Gasteiger charge is 2.32. The van der Waals surface area contributed by atoms with Gasteiger partial charge in [0.1, 0.15) is 5.60 Å². The lowest BCUT2D eigenvalue weighted by molar-refractivity contribution is -0.913. The zero-order valence-electron chi connectivity index (χ0n) is 31.6. The van der Waals surface area contributed by atoms with Gasteiger partial charge < -0.3 is 14.0 Å². The summed E-state index contributed by atoms with van der Waals surface area (Å²) in [6, 6.07) is 0. The van der Waals surface area contributed by atoms with Gasteiger partial charge in [0.15, 0.2) is 5.78 Å². The van der Waals surface area contributed by atoms with Crippen LogP contribution >= 0.6 is 0 Å². The number of likely N-dealkylation sites (N-methyl/N-ethyl adjacent to an activating group) is 1. The zero-order valence-corrected chi connectivity index (χ0v) is 31.6. The smallest absolute Gasteiger partial charge is 0.165 e. The highest BCUT2D eigenvalue weighted by Crippen LogP contribution is 2.21. The van der Waals surface area contributed by atoms with Crippen molar-refractivity contribution >= 4 is 5.78 Å². The largest absolute Gasteiger partial charge is 0.375 e. The van der Waals surface area contributed by atoms with Crippen LogP contribution in [0.15, 0.2) is 12.2 Å². The summed E-state index contributed by atoms with van der Waals surface area (Å²) in [6.45, 7) is 20.9. The second-order valence-corrected chi connectivity index (χ2v) is 15.5. The molecule has 1 aliphatic heterocycles. The third kappa shape index (κ3) is 22.5. The minimum atomic E-state index is -0.737. The molecule has 0 aromatic carbocycles. The van der Waals surface area contributed by atoms with E-state index in [9.17, 15) is 4.79 Å². The fraction of sp³-hybridized carbons (Fsp3) is 0.925. The Kier molecular flexibility index (Phi) is 23.8. The number of carbonyl (C=O) groups is 1. The molecular weight excluding hydrogens is 556 g/mol. The van der Waals surface area contributed by atoms with Crippen molar-refractivity contribution in [3.05, 3.63) is 12.2 Å². The Morgan fingerprint density at radius 2 is 1.20 bits per heavy atom. The van der Waals surface area contributed by atoms with Crippen molar-refractivity contribution in [2.45, 2.75) is 181 Å². The predicted octanol–water partition coefficient (Wildman–Crippen LogP) is 10.3. The molecule has 5 nitrogen and oxygen atoms in total. The van der Waals surface area contributed by atoms with E-state index < -0.39 is 5.60 Å². The molecule has 0 aromatic rings. The zero-order chi connectivity index (χ0) is 33.3. The van der Waals surface area contributed by atoms with E-state index >= 15 is 0 Å². The predicted molar refractivity (Wildman–Crippen MR) is 195 cm³/mol. The first-order valence-corrected chi connectivity index (χ1v) is 19.6. The summed E-state index contributed by atoms with van der Waals surface area (Å²) in [4.78, 5) is 15.5. The van der Waals surface area contributed by atoms with Gasteiger partial charge in [0.2, 0.25) is 0 Å². The number of ketones is 1. The third-order valence-corrected chi connectivity index (χ3v) is 10.1. The lowest BCUT2D eigenvalue weighted by Gasteiger charge is -2.42. The summed E-state index contributed by atoms with van der Waals surface area (Å²) < 4.78 is 13.6. The van der Waals surface area contributed by atoms with Crippen LogP contribution in [0, 0.1) is 0 Å². The van der Waals surface area contributed by atoms with E-state index in [0.29, 0.717) is 13.0 Å². The normalized spacial score (nSPS) is 16.2. The summed E-state index contributed by atoms with van der Waals surface area (Å²) >= 11 is 0. The second kappa shape index (κ2) is 25.3. The van der Waals surface area contributed by atoms with E-state index in [-0.39, 0.29) is 11.4 Å². The van der Waals surface area contributed by atoms with E-state index in [4.69, 9.17) is 9.47 Å². The van der Waals surface area contributed by atoms with Crippen molar-refractivity contribution in [3.63, 3.8) is 0 Å². The molecule has 0 saturated carbocycles. The number of allylic oxidation sites excluding steroid dienone is 2. The minimum Gasteiger partial charge on any atom is -0.375 e. The molecule has 0 bridgehead atoms. The van der Waals surface area contributed by atoms with Gasteiger partial charge in [0, 0.05) is 32.7 Å². The number of unbranched alkanes of at least 4 members (excludes halogenated alkanes) is 15. The molecular formula is C40H79N2O3+.